The van der Waals surface area contributed by atoms with E-state index in [2.05, 4.69) is 63.2 Å². The summed E-state index contributed by atoms with van der Waals surface area (Å²) in [7, 11) is 3.97. The molecule has 1 aromatic carbocycles. The second-order valence-electron chi connectivity index (χ2n) is 6.76. The summed E-state index contributed by atoms with van der Waals surface area (Å²) in [6.45, 7) is 10.1. The highest BCUT2D eigenvalue weighted by Gasteiger charge is 2.31. The third-order valence-corrected chi connectivity index (χ3v) is 5.00. The van der Waals surface area contributed by atoms with Crippen LogP contribution in [-0.4, -0.2) is 80.1 Å². The number of hydrogen-bond donors (Lipinski definition) is 1. The number of aliphatic imine (C=N–C) groups is 1. The molecule has 0 saturated carbocycles. The fourth-order valence-corrected chi connectivity index (χ4v) is 3.55. The van der Waals surface area contributed by atoms with E-state index in [0.29, 0.717) is 6.04 Å². The molecule has 1 atom stereocenters. The van der Waals surface area contributed by atoms with Crippen LogP contribution in [-0.2, 0) is 6.54 Å². The van der Waals surface area contributed by atoms with Crippen molar-refractivity contribution in [1.29, 1.82) is 0 Å². The van der Waals surface area contributed by atoms with E-state index in [-0.39, 0.29) is 0 Å². The van der Waals surface area contributed by atoms with E-state index >= 15 is 0 Å². The van der Waals surface area contributed by atoms with Crippen LogP contribution in [0.2, 0.25) is 0 Å². The zero-order chi connectivity index (χ0) is 16.2. The van der Waals surface area contributed by atoms with Crippen LogP contribution in [0.4, 0.5) is 0 Å². The Morgan fingerprint density at radius 1 is 1.22 bits per heavy atom. The number of benzene rings is 1. The lowest BCUT2D eigenvalue weighted by atomic mass is 10.1. The average Bonchev–Trinajstić information content (AvgIpc) is 2.58. The Morgan fingerprint density at radius 3 is 2.48 bits per heavy atom. The average molecular weight is 315 g/mol. The molecule has 0 aliphatic carbocycles. The van der Waals surface area contributed by atoms with Gasteiger partial charge in [0.2, 0.25) is 0 Å². The fraction of sp³-hybridized carbons (Fsp3) is 0.611. The number of piperazine rings is 3. The minimum atomic E-state index is 0.613. The summed E-state index contributed by atoms with van der Waals surface area (Å²) in [5, 5.41) is 3.56. The van der Waals surface area contributed by atoms with Crippen LogP contribution in [0.15, 0.2) is 29.3 Å². The third kappa shape index (κ3) is 4.03. The quantitative estimate of drug-likeness (QED) is 0.664. The fourth-order valence-electron chi connectivity index (χ4n) is 3.55. The van der Waals surface area contributed by atoms with Crippen LogP contribution < -0.4 is 5.32 Å². The lowest BCUT2D eigenvalue weighted by Crippen LogP contribution is -2.63. The monoisotopic (exact) mass is 315 g/mol. The topological polar surface area (TPSA) is 34.1 Å². The zero-order valence-corrected chi connectivity index (χ0v) is 14.6. The molecule has 3 aliphatic heterocycles. The number of rotatable bonds is 4. The Hall–Kier alpha value is -1.59. The van der Waals surface area contributed by atoms with E-state index in [1.807, 2.05) is 7.05 Å². The Morgan fingerprint density at radius 2 is 1.91 bits per heavy atom. The van der Waals surface area contributed by atoms with Gasteiger partial charge in [0, 0.05) is 66.0 Å². The van der Waals surface area contributed by atoms with Gasteiger partial charge < -0.3 is 10.2 Å². The van der Waals surface area contributed by atoms with Gasteiger partial charge in [0.1, 0.15) is 0 Å². The Balaban J connectivity index is 1.52. The van der Waals surface area contributed by atoms with E-state index in [9.17, 15) is 0 Å². The second-order valence-corrected chi connectivity index (χ2v) is 6.76. The SMILES string of the molecule is CN=C(NCC1CN2CCN1CC2)N(C)Cc1ccc(C)cc1. The molecule has 5 heteroatoms. The molecule has 1 unspecified atom stereocenters. The van der Waals surface area contributed by atoms with Gasteiger partial charge in [0.15, 0.2) is 5.96 Å². The van der Waals surface area contributed by atoms with Gasteiger partial charge in [-0.05, 0) is 12.5 Å². The summed E-state index contributed by atoms with van der Waals surface area (Å²) < 4.78 is 0. The van der Waals surface area contributed by atoms with Gasteiger partial charge in [-0.25, -0.2) is 0 Å². The Kier molecular flexibility index (Phi) is 5.18. The normalized spacial score (nSPS) is 27.1. The number of guanidine groups is 1. The van der Waals surface area contributed by atoms with Crippen molar-refractivity contribution >= 4 is 5.96 Å². The first kappa shape index (κ1) is 16.3. The van der Waals surface area contributed by atoms with Crippen molar-refractivity contribution in [3.63, 3.8) is 0 Å². The van der Waals surface area contributed by atoms with Crippen LogP contribution in [0.3, 0.4) is 0 Å². The van der Waals surface area contributed by atoms with Gasteiger partial charge in [-0.2, -0.15) is 0 Å². The maximum absolute atomic E-state index is 4.45. The third-order valence-electron chi connectivity index (χ3n) is 5.00. The van der Waals surface area contributed by atoms with E-state index in [0.717, 1.165) is 19.0 Å². The molecule has 126 valence electrons. The molecule has 3 fully saturated rings. The predicted octanol–water partition coefficient (Wildman–Crippen LogP) is 1.00. The standard InChI is InChI=1S/C18H29N5/c1-15-4-6-16(7-5-15)13-21(3)18(19-2)20-12-17-14-22-8-10-23(17)11-9-22/h4-7,17H,8-14H2,1-3H3,(H,19,20). The minimum absolute atomic E-state index is 0.613. The molecule has 3 saturated heterocycles. The van der Waals surface area contributed by atoms with Gasteiger partial charge >= 0.3 is 0 Å². The van der Waals surface area contributed by atoms with E-state index in [1.54, 1.807) is 0 Å². The van der Waals surface area contributed by atoms with Crippen LogP contribution in [0.5, 0.6) is 0 Å². The molecule has 1 N–H and O–H groups in total. The lowest BCUT2D eigenvalue weighted by molar-refractivity contribution is 0.0152. The molecule has 3 aliphatic rings. The molecule has 0 spiro atoms. The van der Waals surface area contributed by atoms with Crippen molar-refractivity contribution in [3.8, 4) is 0 Å². The molecule has 2 bridgehead atoms. The zero-order valence-electron chi connectivity index (χ0n) is 14.6. The van der Waals surface area contributed by atoms with Crippen molar-refractivity contribution in [2.45, 2.75) is 19.5 Å². The second kappa shape index (κ2) is 7.32. The Bertz CT molecular complexity index is 531. The summed E-state index contributed by atoms with van der Waals surface area (Å²) in [5.74, 6) is 0.975. The van der Waals surface area contributed by atoms with Crippen molar-refractivity contribution in [2.24, 2.45) is 4.99 Å². The highest BCUT2D eigenvalue weighted by Crippen LogP contribution is 2.15. The summed E-state index contributed by atoms with van der Waals surface area (Å²) >= 11 is 0. The molecule has 23 heavy (non-hydrogen) atoms. The van der Waals surface area contributed by atoms with Gasteiger partial charge in [-0.3, -0.25) is 14.8 Å². The number of hydrogen-bond acceptors (Lipinski definition) is 3. The number of nitrogens with one attached hydrogen (secondary N) is 1. The molecule has 3 heterocycles. The predicted molar refractivity (Wildman–Crippen MR) is 95.8 cm³/mol. The molecule has 0 aromatic heterocycles. The Labute approximate surface area is 140 Å². The van der Waals surface area contributed by atoms with Gasteiger partial charge in [-0.1, -0.05) is 29.8 Å². The number of fused-ring (bicyclic) bond motifs is 3. The van der Waals surface area contributed by atoms with Crippen molar-refractivity contribution in [3.05, 3.63) is 35.4 Å². The smallest absolute Gasteiger partial charge is 0.193 e. The molecule has 1 aromatic rings. The van der Waals surface area contributed by atoms with E-state index in [1.165, 1.54) is 43.9 Å². The van der Waals surface area contributed by atoms with E-state index < -0.39 is 0 Å². The molecule has 4 rings (SSSR count). The van der Waals surface area contributed by atoms with Gasteiger partial charge in [0.25, 0.3) is 0 Å². The first-order valence-corrected chi connectivity index (χ1v) is 8.59. The largest absolute Gasteiger partial charge is 0.355 e. The molecule has 0 radical (unpaired) electrons. The maximum atomic E-state index is 4.45. The highest BCUT2D eigenvalue weighted by molar-refractivity contribution is 5.79. The molecular weight excluding hydrogens is 286 g/mol. The first-order valence-electron chi connectivity index (χ1n) is 8.59. The minimum Gasteiger partial charge on any atom is -0.355 e. The van der Waals surface area contributed by atoms with Crippen LogP contribution in [0.1, 0.15) is 11.1 Å². The van der Waals surface area contributed by atoms with Crippen LogP contribution in [0.25, 0.3) is 0 Å². The molecule has 0 amide bonds. The first-order chi connectivity index (χ1) is 11.2. The molecular formula is C18H29N5. The summed E-state index contributed by atoms with van der Waals surface area (Å²) in [5.41, 5.74) is 2.61. The van der Waals surface area contributed by atoms with Gasteiger partial charge in [0.05, 0.1) is 0 Å². The lowest BCUT2D eigenvalue weighted by Gasteiger charge is -2.47. The van der Waals surface area contributed by atoms with Crippen molar-refractivity contribution in [1.82, 2.24) is 20.0 Å². The van der Waals surface area contributed by atoms with Gasteiger partial charge in [-0.15, -0.1) is 0 Å². The summed E-state index contributed by atoms with van der Waals surface area (Å²) in [6.07, 6.45) is 0. The van der Waals surface area contributed by atoms with Crippen LogP contribution >= 0.6 is 0 Å². The van der Waals surface area contributed by atoms with E-state index in [4.69, 9.17) is 0 Å². The summed E-state index contributed by atoms with van der Waals surface area (Å²) in [4.78, 5) is 11.8. The van der Waals surface area contributed by atoms with Crippen LogP contribution in [0, 0.1) is 6.92 Å². The maximum Gasteiger partial charge on any atom is 0.193 e. The number of nitrogens with zero attached hydrogens (tertiary/aromatic N) is 4. The van der Waals surface area contributed by atoms with Crippen molar-refractivity contribution in [2.75, 3.05) is 53.4 Å². The van der Waals surface area contributed by atoms with Crippen molar-refractivity contribution < 1.29 is 0 Å². The highest BCUT2D eigenvalue weighted by atomic mass is 15.4. The number of aryl methyl sites for hydroxylation is 1. The summed E-state index contributed by atoms with van der Waals surface area (Å²) in [6, 6.07) is 9.33. The molecule has 5 nitrogen and oxygen atoms in total.